The molecule has 0 rings (SSSR count). The first kappa shape index (κ1) is 8.88. The van der Waals surface area contributed by atoms with Gasteiger partial charge in [0.15, 0.2) is 0 Å². The molecule has 4 nitrogen and oxygen atoms in total. The van der Waals surface area contributed by atoms with E-state index in [0.29, 0.717) is 0 Å². The van der Waals surface area contributed by atoms with E-state index in [2.05, 4.69) is 0 Å². The van der Waals surface area contributed by atoms with Crippen LogP contribution in [0.1, 0.15) is 2.85 Å². The van der Waals surface area contributed by atoms with Crippen LogP contribution in [0, 0.1) is 10.1 Å². The summed E-state index contributed by atoms with van der Waals surface area (Å²) in [6.07, 6.45) is 0. The fraction of sp³-hybridized carbons (Fsp3) is 0. The van der Waals surface area contributed by atoms with Gasteiger partial charge in [0.1, 0.15) is 0 Å². The van der Waals surface area contributed by atoms with Crippen molar-refractivity contribution in [2.75, 3.05) is 0 Å². The molecular weight excluding hydrogens is 86.3 g/mol. The van der Waals surface area contributed by atoms with Crippen molar-refractivity contribution in [3.05, 3.63) is 10.1 Å². The Kier molecular flexibility index (Phi) is 7.04. The first-order valence-electron chi connectivity index (χ1n) is 0.565. The molecule has 0 heterocycles. The first-order chi connectivity index (χ1) is 1.73. The van der Waals surface area contributed by atoms with Gasteiger partial charge in [-0.1, -0.05) is 0 Å². The second-order valence-electron chi connectivity index (χ2n) is 0.238. The molecule has 0 saturated carbocycles. The molecule has 0 fully saturated rings. The van der Waals surface area contributed by atoms with E-state index in [9.17, 15) is 0 Å². The van der Waals surface area contributed by atoms with Crippen molar-refractivity contribution in [2.24, 2.45) is 0 Å². The van der Waals surface area contributed by atoms with Crippen LogP contribution in [0.3, 0.4) is 0 Å². The molecule has 28 valence electrons. The van der Waals surface area contributed by atoms with Crippen LogP contribution >= 0.6 is 0 Å². The van der Waals surface area contributed by atoms with Gasteiger partial charge in [0.05, 0.1) is 0 Å². The van der Waals surface area contributed by atoms with E-state index in [4.69, 9.17) is 15.3 Å². The molecule has 0 aliphatic heterocycles. The summed E-state index contributed by atoms with van der Waals surface area (Å²) in [5, 5.41) is 13.6. The Hall–Kier alpha value is -0.0338. The van der Waals surface area contributed by atoms with Crippen LogP contribution in [0.2, 0.25) is 0 Å². The van der Waals surface area contributed by atoms with E-state index >= 15 is 0 Å². The second kappa shape index (κ2) is 3.97. The molecule has 0 amide bonds. The van der Waals surface area contributed by atoms with Crippen molar-refractivity contribution in [1.82, 2.24) is 0 Å². The molecule has 0 aliphatic carbocycles. The molecule has 0 saturated heterocycles. The van der Waals surface area contributed by atoms with E-state index in [-0.39, 0.29) is 25.9 Å². The quantitative estimate of drug-likeness (QED) is 0.247. The van der Waals surface area contributed by atoms with Crippen molar-refractivity contribution >= 4 is 23.1 Å². The third-order valence-electron chi connectivity index (χ3n) is 0. The van der Waals surface area contributed by atoms with Crippen LogP contribution in [0.5, 0.6) is 0 Å². The minimum atomic E-state index is -1.50. The summed E-state index contributed by atoms with van der Waals surface area (Å²) >= 11 is 0. The van der Waals surface area contributed by atoms with Gasteiger partial charge in [-0.15, -0.1) is 10.1 Å². The topological polar surface area (TPSA) is 63.4 Å². The molecule has 1 N–H and O–H groups in total. The molecule has 5 heavy (non-hydrogen) atoms. The maximum Gasteiger partial charge on any atom is 2.00 e. The standard InChI is InChI=1S/Mg.HNO3.2H/c;2-1(3)4;;/h;(H,2,3,4);;/q+2;;2*-1. The summed E-state index contributed by atoms with van der Waals surface area (Å²) in [7, 11) is 0. The van der Waals surface area contributed by atoms with Crippen LogP contribution in [0.25, 0.3) is 0 Å². The summed E-state index contributed by atoms with van der Waals surface area (Å²) in [5.41, 5.74) is 0. The van der Waals surface area contributed by atoms with E-state index < -0.39 is 5.09 Å². The number of nitrogens with zero attached hydrogens (tertiary/aromatic N) is 1. The zero-order valence-corrected chi connectivity index (χ0v) is 3.83. The van der Waals surface area contributed by atoms with Gasteiger partial charge in [-0.05, 0) is 0 Å². The maximum atomic E-state index is 8.36. The minimum Gasteiger partial charge on any atom is -1.00 e. The third-order valence-corrected chi connectivity index (χ3v) is 0. The summed E-state index contributed by atoms with van der Waals surface area (Å²) < 4.78 is 0. The molecular formula is H3MgNO3. The molecule has 5 heteroatoms. The predicted molar refractivity (Wildman–Crippen MR) is 16.8 cm³/mol. The van der Waals surface area contributed by atoms with Crippen LogP contribution in [0.4, 0.5) is 0 Å². The van der Waals surface area contributed by atoms with Gasteiger partial charge < -0.3 is 8.06 Å². The van der Waals surface area contributed by atoms with E-state index in [1.807, 2.05) is 0 Å². The Balaban J connectivity index is -0.0000000150. The smallest absolute Gasteiger partial charge is 1.00 e. The fourth-order valence-corrected chi connectivity index (χ4v) is 0. The molecule has 0 aromatic rings. The Bertz CT molecular complexity index is 35.9. The summed E-state index contributed by atoms with van der Waals surface area (Å²) in [5.74, 6) is 0. The Morgan fingerprint density at radius 1 is 2.00 bits per heavy atom. The zero-order valence-electron chi connectivity index (χ0n) is 4.42. The SMILES string of the molecule is O=[N+]([O-])O.[H-].[H-].[Mg+2]. The van der Waals surface area contributed by atoms with Crippen LogP contribution in [-0.4, -0.2) is 33.3 Å². The van der Waals surface area contributed by atoms with E-state index in [1.165, 1.54) is 0 Å². The monoisotopic (exact) mass is 89.0 g/mol. The summed E-state index contributed by atoms with van der Waals surface area (Å²) in [6.45, 7) is 0. The largest absolute Gasteiger partial charge is 2.00 e. The molecule has 0 atom stereocenters. The van der Waals surface area contributed by atoms with Crippen LogP contribution < -0.4 is 0 Å². The van der Waals surface area contributed by atoms with Gasteiger partial charge in [-0.3, -0.25) is 0 Å². The van der Waals surface area contributed by atoms with Gasteiger partial charge in [0, 0.05) is 0 Å². The first-order valence-corrected chi connectivity index (χ1v) is 0.565. The zero-order chi connectivity index (χ0) is 3.58. The number of hydrogen-bond acceptors (Lipinski definition) is 2. The Labute approximate surface area is 47.0 Å². The maximum absolute atomic E-state index is 8.36. The minimum absolute atomic E-state index is 0. The average Bonchev–Trinajstić information content (AvgIpc) is 0.811. The molecule has 0 bridgehead atoms. The van der Waals surface area contributed by atoms with Crippen molar-refractivity contribution in [3.63, 3.8) is 0 Å². The van der Waals surface area contributed by atoms with Crippen molar-refractivity contribution < 1.29 is 13.1 Å². The Morgan fingerprint density at radius 2 is 2.00 bits per heavy atom. The molecule has 0 spiro atoms. The van der Waals surface area contributed by atoms with Gasteiger partial charge >= 0.3 is 23.1 Å². The van der Waals surface area contributed by atoms with Gasteiger partial charge in [0.2, 0.25) is 0 Å². The molecule has 0 radical (unpaired) electrons. The van der Waals surface area contributed by atoms with Crippen LogP contribution in [-0.2, 0) is 0 Å². The fourth-order valence-electron chi connectivity index (χ4n) is 0. The normalized spacial score (nSPS) is 4.80. The van der Waals surface area contributed by atoms with E-state index in [1.54, 1.807) is 0 Å². The van der Waals surface area contributed by atoms with Gasteiger partial charge in [-0.2, -0.15) is 0 Å². The number of rotatable bonds is 0. The molecule has 0 aromatic heterocycles. The van der Waals surface area contributed by atoms with E-state index in [0.717, 1.165) is 0 Å². The second-order valence-corrected chi connectivity index (χ2v) is 0.238. The summed E-state index contributed by atoms with van der Waals surface area (Å²) in [4.78, 5) is 8.36. The molecule has 0 unspecified atom stereocenters. The molecule has 0 aliphatic rings. The molecule has 0 aromatic carbocycles. The van der Waals surface area contributed by atoms with Gasteiger partial charge in [0.25, 0.3) is 5.09 Å². The third kappa shape index (κ3) is 13400. The van der Waals surface area contributed by atoms with Crippen molar-refractivity contribution in [1.29, 1.82) is 0 Å². The van der Waals surface area contributed by atoms with Crippen LogP contribution in [0.15, 0.2) is 0 Å². The van der Waals surface area contributed by atoms with Crippen molar-refractivity contribution in [2.45, 2.75) is 0 Å². The summed E-state index contributed by atoms with van der Waals surface area (Å²) in [6, 6.07) is 0. The number of hydrogen-bond donors (Lipinski definition) is 1. The Morgan fingerprint density at radius 3 is 2.00 bits per heavy atom. The average molecular weight is 89.3 g/mol. The van der Waals surface area contributed by atoms with Gasteiger partial charge in [-0.25, -0.2) is 0 Å². The van der Waals surface area contributed by atoms with Crippen molar-refractivity contribution in [3.8, 4) is 0 Å². The predicted octanol–water partition coefficient (Wildman–Crippen LogP) is -0.504.